The van der Waals surface area contributed by atoms with E-state index in [0.29, 0.717) is 13.2 Å². The minimum atomic E-state index is -0.182. The van der Waals surface area contributed by atoms with E-state index in [0.717, 1.165) is 29.8 Å². The molecule has 1 aromatic heterocycles. The van der Waals surface area contributed by atoms with Gasteiger partial charge in [-0.05, 0) is 55.0 Å². The number of amides is 2. The van der Waals surface area contributed by atoms with Crippen molar-refractivity contribution >= 4 is 23.1 Å². The molecule has 0 aliphatic carbocycles. The van der Waals surface area contributed by atoms with Crippen LogP contribution in [-0.4, -0.2) is 19.2 Å². The number of carbonyl (C=O) groups is 1. The fourth-order valence-electron chi connectivity index (χ4n) is 2.03. The van der Waals surface area contributed by atoms with Crippen LogP contribution in [-0.2, 0) is 6.42 Å². The van der Waals surface area contributed by atoms with Gasteiger partial charge >= 0.3 is 6.03 Å². The highest BCUT2D eigenvalue weighted by atomic mass is 32.1. The van der Waals surface area contributed by atoms with E-state index in [2.05, 4.69) is 23.6 Å². The van der Waals surface area contributed by atoms with E-state index < -0.39 is 0 Å². The maximum atomic E-state index is 11.9. The Morgan fingerprint density at radius 2 is 2.18 bits per heavy atom. The highest BCUT2D eigenvalue weighted by molar-refractivity contribution is 7.09. The summed E-state index contributed by atoms with van der Waals surface area (Å²) < 4.78 is 5.62. The Morgan fingerprint density at radius 3 is 2.86 bits per heavy atom. The van der Waals surface area contributed by atoms with Gasteiger partial charge in [-0.15, -0.1) is 11.3 Å². The van der Waals surface area contributed by atoms with E-state index in [9.17, 15) is 4.79 Å². The largest absolute Gasteiger partial charge is 0.493 e. The molecule has 0 saturated heterocycles. The van der Waals surface area contributed by atoms with Crippen LogP contribution in [0.25, 0.3) is 0 Å². The van der Waals surface area contributed by atoms with Crippen LogP contribution in [0.5, 0.6) is 5.75 Å². The second kappa shape index (κ2) is 8.44. The number of hydrogen-bond donors (Lipinski definition) is 2. The number of benzene rings is 1. The van der Waals surface area contributed by atoms with E-state index in [1.165, 1.54) is 4.88 Å². The van der Waals surface area contributed by atoms with Crippen molar-refractivity contribution in [3.05, 3.63) is 46.2 Å². The molecule has 0 bridgehead atoms. The highest BCUT2D eigenvalue weighted by Gasteiger charge is 2.05. The average molecular weight is 318 g/mol. The molecule has 1 heterocycles. The Bertz CT molecular complexity index is 597. The van der Waals surface area contributed by atoms with Gasteiger partial charge in [-0.3, -0.25) is 0 Å². The minimum absolute atomic E-state index is 0.182. The molecule has 0 saturated carbocycles. The van der Waals surface area contributed by atoms with Crippen LogP contribution >= 0.6 is 11.3 Å². The molecule has 2 aromatic rings. The molecule has 2 amide bonds. The molecule has 2 rings (SSSR count). The first kappa shape index (κ1) is 16.4. The molecule has 0 aliphatic heterocycles. The number of rotatable bonds is 7. The summed E-state index contributed by atoms with van der Waals surface area (Å²) in [6.45, 7) is 5.39. The smallest absolute Gasteiger partial charge is 0.319 e. The average Bonchev–Trinajstić information content (AvgIpc) is 3.00. The number of ether oxygens (including phenoxy) is 1. The molecular weight excluding hydrogens is 296 g/mol. The fourth-order valence-corrected chi connectivity index (χ4v) is 2.74. The van der Waals surface area contributed by atoms with Crippen LogP contribution < -0.4 is 15.4 Å². The van der Waals surface area contributed by atoms with Crippen molar-refractivity contribution in [1.82, 2.24) is 5.32 Å². The lowest BCUT2D eigenvalue weighted by atomic mass is 10.2. The maximum absolute atomic E-state index is 11.9. The number of nitrogens with one attached hydrogen (secondary N) is 2. The number of anilines is 1. The van der Waals surface area contributed by atoms with Crippen LogP contribution in [0.3, 0.4) is 0 Å². The molecule has 118 valence electrons. The zero-order chi connectivity index (χ0) is 15.8. The fraction of sp³-hybridized carbons (Fsp3) is 0.353. The van der Waals surface area contributed by atoms with Gasteiger partial charge in [-0.1, -0.05) is 13.0 Å². The monoisotopic (exact) mass is 318 g/mol. The van der Waals surface area contributed by atoms with Gasteiger partial charge in [0.2, 0.25) is 0 Å². The lowest BCUT2D eigenvalue weighted by Gasteiger charge is -2.11. The Hall–Kier alpha value is -2.01. The first-order chi connectivity index (χ1) is 10.7. The standard InChI is InChI=1S/C17H22N2O2S/c1-3-10-21-16-7-6-14(12-13(16)2)19-17(20)18-9-8-15-5-4-11-22-15/h4-7,11-12H,3,8-10H2,1-2H3,(H2,18,19,20). The van der Waals surface area contributed by atoms with Crippen LogP contribution in [0.15, 0.2) is 35.7 Å². The van der Waals surface area contributed by atoms with Gasteiger partial charge in [-0.25, -0.2) is 4.79 Å². The third-order valence-corrected chi connectivity index (χ3v) is 4.07. The minimum Gasteiger partial charge on any atom is -0.493 e. The summed E-state index contributed by atoms with van der Waals surface area (Å²) in [5, 5.41) is 7.75. The van der Waals surface area contributed by atoms with Crippen molar-refractivity contribution in [3.63, 3.8) is 0 Å². The third-order valence-electron chi connectivity index (χ3n) is 3.13. The lowest BCUT2D eigenvalue weighted by Crippen LogP contribution is -2.30. The van der Waals surface area contributed by atoms with Crippen molar-refractivity contribution in [2.24, 2.45) is 0 Å². The van der Waals surface area contributed by atoms with Crippen molar-refractivity contribution in [1.29, 1.82) is 0 Å². The SMILES string of the molecule is CCCOc1ccc(NC(=O)NCCc2cccs2)cc1C. The first-order valence-corrected chi connectivity index (χ1v) is 8.37. The summed E-state index contributed by atoms with van der Waals surface area (Å²) in [4.78, 5) is 13.1. The van der Waals surface area contributed by atoms with Crippen LogP contribution in [0.4, 0.5) is 10.5 Å². The van der Waals surface area contributed by atoms with Crippen molar-refractivity contribution in [2.45, 2.75) is 26.7 Å². The molecule has 0 aliphatic rings. The van der Waals surface area contributed by atoms with Gasteiger partial charge in [0.25, 0.3) is 0 Å². The Balaban J connectivity index is 1.79. The third kappa shape index (κ3) is 5.07. The van der Waals surface area contributed by atoms with E-state index >= 15 is 0 Å². The normalized spacial score (nSPS) is 10.3. The highest BCUT2D eigenvalue weighted by Crippen LogP contribution is 2.22. The molecule has 0 radical (unpaired) electrons. The van der Waals surface area contributed by atoms with Gasteiger partial charge < -0.3 is 15.4 Å². The number of carbonyl (C=O) groups excluding carboxylic acids is 1. The van der Waals surface area contributed by atoms with Crippen LogP contribution in [0.1, 0.15) is 23.8 Å². The molecule has 0 spiro atoms. The maximum Gasteiger partial charge on any atom is 0.319 e. The molecule has 0 fully saturated rings. The summed E-state index contributed by atoms with van der Waals surface area (Å²) >= 11 is 1.70. The predicted molar refractivity (Wildman–Crippen MR) is 92.0 cm³/mol. The second-order valence-corrected chi connectivity index (χ2v) is 6.07. The lowest BCUT2D eigenvalue weighted by molar-refractivity contribution is 0.252. The van der Waals surface area contributed by atoms with E-state index in [1.807, 2.05) is 36.6 Å². The molecule has 1 aromatic carbocycles. The van der Waals surface area contributed by atoms with Crippen molar-refractivity contribution in [3.8, 4) is 5.75 Å². The van der Waals surface area contributed by atoms with Gasteiger partial charge in [0.15, 0.2) is 0 Å². The quantitative estimate of drug-likeness (QED) is 0.803. The zero-order valence-corrected chi connectivity index (χ0v) is 13.8. The molecule has 22 heavy (non-hydrogen) atoms. The van der Waals surface area contributed by atoms with Gasteiger partial charge in [0.1, 0.15) is 5.75 Å². The van der Waals surface area contributed by atoms with E-state index in [1.54, 1.807) is 11.3 Å². The summed E-state index contributed by atoms with van der Waals surface area (Å²) in [5.74, 6) is 0.866. The van der Waals surface area contributed by atoms with E-state index in [-0.39, 0.29) is 6.03 Å². The zero-order valence-electron chi connectivity index (χ0n) is 13.0. The van der Waals surface area contributed by atoms with Crippen LogP contribution in [0, 0.1) is 6.92 Å². The molecule has 0 unspecified atom stereocenters. The number of urea groups is 1. The second-order valence-electron chi connectivity index (χ2n) is 5.04. The van der Waals surface area contributed by atoms with Gasteiger partial charge in [0.05, 0.1) is 6.61 Å². The summed E-state index contributed by atoms with van der Waals surface area (Å²) in [6.07, 6.45) is 1.83. The van der Waals surface area contributed by atoms with Crippen molar-refractivity contribution in [2.75, 3.05) is 18.5 Å². The summed E-state index contributed by atoms with van der Waals surface area (Å²) in [6, 6.07) is 9.58. The number of aryl methyl sites for hydroxylation is 1. The summed E-state index contributed by atoms with van der Waals surface area (Å²) in [7, 11) is 0. The Kier molecular flexibility index (Phi) is 6.27. The van der Waals surface area contributed by atoms with Gasteiger partial charge in [0, 0.05) is 17.1 Å². The van der Waals surface area contributed by atoms with Crippen LogP contribution in [0.2, 0.25) is 0 Å². The Labute approximate surface area is 135 Å². The van der Waals surface area contributed by atoms with Crippen molar-refractivity contribution < 1.29 is 9.53 Å². The molecule has 2 N–H and O–H groups in total. The topological polar surface area (TPSA) is 50.4 Å². The molecule has 0 atom stereocenters. The molecular formula is C17H22N2O2S. The van der Waals surface area contributed by atoms with E-state index in [4.69, 9.17) is 4.74 Å². The first-order valence-electron chi connectivity index (χ1n) is 7.49. The number of thiophene rings is 1. The molecule has 4 nitrogen and oxygen atoms in total. The molecule has 5 heteroatoms. The Morgan fingerprint density at radius 1 is 1.32 bits per heavy atom. The van der Waals surface area contributed by atoms with Gasteiger partial charge in [-0.2, -0.15) is 0 Å². The summed E-state index contributed by atoms with van der Waals surface area (Å²) in [5.41, 5.74) is 1.79. The predicted octanol–water partition coefficient (Wildman–Crippen LogP) is 4.21. The number of hydrogen-bond acceptors (Lipinski definition) is 3.